The van der Waals surface area contributed by atoms with Gasteiger partial charge in [0.1, 0.15) is 5.75 Å². The van der Waals surface area contributed by atoms with Crippen LogP contribution >= 0.6 is 0 Å². The zero-order valence-electron chi connectivity index (χ0n) is 24.2. The minimum Gasteiger partial charge on any atom is -0.478 e. The molecule has 5 N–H and O–H groups in total. The standard InChI is InChI=1S/C26H21N3O4.C8H6N2O2/c1-14(2)15-7-9-19-22(12-15)33-26(32)18-6-4-3-5-17(18)23(30)25(19,26)29-24(31)16-8-10-20-21(11-16)28-13-27-20;11-8(12)5-1-2-6-7(3-5)10-4-9-6/h3-14,32H,1-2H3,(H,27,28)(H,29,31);1-4H,(H,9,10)(H,11,12). The van der Waals surface area contributed by atoms with Crippen LogP contribution in [0, 0.1) is 0 Å². The van der Waals surface area contributed by atoms with Gasteiger partial charge in [0.25, 0.3) is 11.7 Å². The van der Waals surface area contributed by atoms with E-state index in [0.717, 1.165) is 22.1 Å². The molecule has 11 nitrogen and oxygen atoms in total. The Morgan fingerprint density at radius 3 is 2.16 bits per heavy atom. The summed E-state index contributed by atoms with van der Waals surface area (Å²) in [5.41, 5.74) is 3.84. The quantitative estimate of drug-likeness (QED) is 0.188. The Morgan fingerprint density at radius 2 is 1.49 bits per heavy atom. The number of hydrogen-bond donors (Lipinski definition) is 5. The lowest BCUT2D eigenvalue weighted by Gasteiger charge is -2.34. The number of fused-ring (bicyclic) bond motifs is 7. The van der Waals surface area contributed by atoms with Gasteiger partial charge in [0.2, 0.25) is 11.3 Å². The summed E-state index contributed by atoms with van der Waals surface area (Å²) in [6.45, 7) is 4.10. The molecule has 0 spiro atoms. The fraction of sp³-hybridized carbons (Fsp3) is 0.147. The van der Waals surface area contributed by atoms with Crippen molar-refractivity contribution in [2.75, 3.05) is 0 Å². The van der Waals surface area contributed by atoms with E-state index in [2.05, 4.69) is 39.1 Å². The number of hydrogen-bond acceptors (Lipinski definition) is 7. The second-order valence-electron chi connectivity index (χ2n) is 11.3. The minimum absolute atomic E-state index is 0.226. The number of carbonyl (C=O) groups excluding carboxylic acids is 2. The average molecular weight is 602 g/mol. The summed E-state index contributed by atoms with van der Waals surface area (Å²) < 4.78 is 6.11. The number of ketones is 1. The molecule has 1 amide bonds. The minimum atomic E-state index is -2.06. The smallest absolute Gasteiger partial charge is 0.335 e. The number of Topliss-reactive ketones (excluding diaryl/α,β-unsaturated/α-hetero) is 1. The van der Waals surface area contributed by atoms with E-state index in [1.54, 1.807) is 67.0 Å². The molecular weight excluding hydrogens is 574 g/mol. The topological polar surface area (TPSA) is 170 Å². The summed E-state index contributed by atoms with van der Waals surface area (Å²) in [6, 6.07) is 22.1. The Labute approximate surface area is 255 Å². The summed E-state index contributed by atoms with van der Waals surface area (Å²) >= 11 is 0. The summed E-state index contributed by atoms with van der Waals surface area (Å²) in [4.78, 5) is 51.8. The predicted molar refractivity (Wildman–Crippen MR) is 164 cm³/mol. The Balaban J connectivity index is 0.000000227. The molecule has 6 aromatic rings. The SMILES string of the molecule is CC(C)c1ccc2c(c1)OC1(O)c3ccccc3C(=O)C21NC(=O)c1ccc2nc[nH]c2c1.O=C(O)c1ccc2nc[nH]c2c1. The number of aliphatic hydroxyl groups is 1. The van der Waals surface area contributed by atoms with Crippen molar-refractivity contribution in [1.29, 1.82) is 0 Å². The van der Waals surface area contributed by atoms with Crippen molar-refractivity contribution in [2.24, 2.45) is 0 Å². The number of carbonyl (C=O) groups is 3. The molecule has 45 heavy (non-hydrogen) atoms. The van der Waals surface area contributed by atoms with Gasteiger partial charge in [-0.2, -0.15) is 0 Å². The van der Waals surface area contributed by atoms with Crippen molar-refractivity contribution in [3.63, 3.8) is 0 Å². The van der Waals surface area contributed by atoms with Crippen molar-refractivity contribution in [2.45, 2.75) is 31.1 Å². The number of amides is 1. The summed E-state index contributed by atoms with van der Waals surface area (Å²) in [5.74, 6) is -3.29. The lowest BCUT2D eigenvalue weighted by atomic mass is 9.82. The van der Waals surface area contributed by atoms with E-state index >= 15 is 0 Å². The Kier molecular flexibility index (Phi) is 6.30. The van der Waals surface area contributed by atoms with Gasteiger partial charge in [-0.25, -0.2) is 14.8 Å². The highest BCUT2D eigenvalue weighted by Crippen LogP contribution is 2.58. The van der Waals surface area contributed by atoms with E-state index in [-0.39, 0.29) is 11.5 Å². The Bertz CT molecular complexity index is 2170. The highest BCUT2D eigenvalue weighted by molar-refractivity contribution is 6.13. The molecule has 0 radical (unpaired) electrons. The van der Waals surface area contributed by atoms with E-state index in [1.165, 1.54) is 12.4 Å². The maximum Gasteiger partial charge on any atom is 0.335 e. The average Bonchev–Trinajstić information content (AvgIpc) is 3.79. The molecule has 0 bridgehead atoms. The zero-order valence-corrected chi connectivity index (χ0v) is 24.2. The molecule has 1 aliphatic carbocycles. The molecule has 2 atom stereocenters. The molecule has 8 rings (SSSR count). The van der Waals surface area contributed by atoms with Crippen molar-refractivity contribution in [3.8, 4) is 5.75 Å². The third kappa shape index (κ3) is 4.20. The molecule has 2 unspecified atom stereocenters. The first-order valence-electron chi connectivity index (χ1n) is 14.2. The maximum absolute atomic E-state index is 13.9. The molecule has 2 aliphatic rings. The number of rotatable bonds is 4. The van der Waals surface area contributed by atoms with Crippen LogP contribution in [0.5, 0.6) is 5.75 Å². The van der Waals surface area contributed by atoms with Gasteiger partial charge < -0.3 is 30.2 Å². The van der Waals surface area contributed by atoms with E-state index in [1.807, 2.05) is 12.1 Å². The summed E-state index contributed by atoms with van der Waals surface area (Å²) in [6.07, 6.45) is 3.09. The Morgan fingerprint density at radius 1 is 0.844 bits per heavy atom. The molecule has 2 aromatic heterocycles. The monoisotopic (exact) mass is 601 g/mol. The lowest BCUT2D eigenvalue weighted by Crippen LogP contribution is -2.60. The predicted octanol–water partition coefficient (Wildman–Crippen LogP) is 5.01. The van der Waals surface area contributed by atoms with Crippen molar-refractivity contribution < 1.29 is 29.3 Å². The first kappa shape index (κ1) is 28.0. The van der Waals surface area contributed by atoms with Gasteiger partial charge in [0.15, 0.2) is 0 Å². The third-order valence-electron chi connectivity index (χ3n) is 8.37. The first-order chi connectivity index (χ1) is 21.6. The van der Waals surface area contributed by atoms with Crippen LogP contribution < -0.4 is 10.1 Å². The molecule has 4 aromatic carbocycles. The molecule has 0 saturated carbocycles. The van der Waals surface area contributed by atoms with Crippen LogP contribution in [0.3, 0.4) is 0 Å². The summed E-state index contributed by atoms with van der Waals surface area (Å²) in [7, 11) is 0. The highest BCUT2D eigenvalue weighted by atomic mass is 16.6. The number of benzene rings is 4. The number of H-pyrrole nitrogens is 2. The van der Waals surface area contributed by atoms with Gasteiger partial charge in [0.05, 0.1) is 40.3 Å². The maximum atomic E-state index is 13.9. The van der Waals surface area contributed by atoms with E-state index in [9.17, 15) is 19.5 Å². The van der Waals surface area contributed by atoms with Gasteiger partial charge in [-0.1, -0.05) is 50.2 Å². The van der Waals surface area contributed by atoms with Crippen LogP contribution in [0.25, 0.3) is 22.1 Å². The van der Waals surface area contributed by atoms with Crippen LogP contribution in [-0.2, 0) is 11.3 Å². The largest absolute Gasteiger partial charge is 0.478 e. The van der Waals surface area contributed by atoms with E-state index in [0.29, 0.717) is 33.5 Å². The first-order valence-corrected chi connectivity index (χ1v) is 14.2. The fourth-order valence-electron chi connectivity index (χ4n) is 6.02. The zero-order chi connectivity index (χ0) is 31.5. The number of aromatic nitrogens is 4. The number of aromatic amines is 2. The fourth-order valence-corrected chi connectivity index (χ4v) is 6.02. The number of nitrogens with zero attached hydrogens (tertiary/aromatic N) is 2. The van der Waals surface area contributed by atoms with Gasteiger partial charge in [0, 0.05) is 22.3 Å². The molecule has 0 saturated heterocycles. The number of carboxylic acids is 1. The van der Waals surface area contributed by atoms with Gasteiger partial charge in [-0.15, -0.1) is 0 Å². The van der Waals surface area contributed by atoms with Crippen LogP contribution in [-0.4, -0.2) is 47.8 Å². The second-order valence-corrected chi connectivity index (χ2v) is 11.3. The number of ether oxygens (including phenoxy) is 1. The number of imidazole rings is 2. The number of carboxylic acid groups (broad SMARTS) is 1. The van der Waals surface area contributed by atoms with Crippen molar-refractivity contribution >= 4 is 39.7 Å². The van der Waals surface area contributed by atoms with Gasteiger partial charge in [-0.3, -0.25) is 9.59 Å². The van der Waals surface area contributed by atoms with Crippen molar-refractivity contribution in [1.82, 2.24) is 25.3 Å². The lowest BCUT2D eigenvalue weighted by molar-refractivity contribution is -0.169. The van der Waals surface area contributed by atoms with Crippen LogP contribution in [0.2, 0.25) is 0 Å². The van der Waals surface area contributed by atoms with Crippen LogP contribution in [0.4, 0.5) is 0 Å². The van der Waals surface area contributed by atoms with Crippen LogP contribution in [0.1, 0.15) is 67.5 Å². The second kappa shape index (κ2) is 10.1. The van der Waals surface area contributed by atoms with Gasteiger partial charge in [-0.05, 0) is 53.9 Å². The van der Waals surface area contributed by atoms with Gasteiger partial charge >= 0.3 is 5.97 Å². The van der Waals surface area contributed by atoms with E-state index in [4.69, 9.17) is 9.84 Å². The third-order valence-corrected chi connectivity index (χ3v) is 8.37. The van der Waals surface area contributed by atoms with Crippen LogP contribution in [0.15, 0.2) is 91.5 Å². The molecule has 0 fully saturated rings. The number of aromatic carboxylic acids is 1. The molecule has 1 aliphatic heterocycles. The summed E-state index contributed by atoms with van der Waals surface area (Å²) in [5, 5.41) is 23.4. The number of nitrogens with one attached hydrogen (secondary N) is 3. The Hall–Kier alpha value is -5.81. The van der Waals surface area contributed by atoms with Crippen molar-refractivity contribution in [3.05, 3.63) is 125 Å². The molecule has 3 heterocycles. The highest BCUT2D eigenvalue weighted by Gasteiger charge is 2.71. The molecular formula is C34H27N5O6. The normalized spacial score (nSPS) is 19.4. The molecule has 224 valence electrons. The molecule has 11 heteroatoms. The van der Waals surface area contributed by atoms with E-state index < -0.39 is 29.0 Å².